The lowest BCUT2D eigenvalue weighted by Crippen LogP contribution is -2.41. The van der Waals surface area contributed by atoms with Gasteiger partial charge in [-0.05, 0) is 44.5 Å². The van der Waals surface area contributed by atoms with Crippen molar-refractivity contribution < 1.29 is 18.8 Å². The standard InChI is InChI=1S/C18H23BO4/c1-17(2)18(3,4)23-19(22-17)16-14-9-7-6-8-13(14)10-11-15(16)21-12-20-5/h6-11H,12H2,1-5H3. The summed E-state index contributed by atoms with van der Waals surface area (Å²) in [4.78, 5) is 0. The largest absolute Gasteiger partial charge is 0.499 e. The Morgan fingerprint density at radius 3 is 2.26 bits per heavy atom. The van der Waals surface area contributed by atoms with Gasteiger partial charge in [0.15, 0.2) is 6.79 Å². The van der Waals surface area contributed by atoms with Crippen LogP contribution in [0.5, 0.6) is 5.75 Å². The molecule has 23 heavy (non-hydrogen) atoms. The highest BCUT2D eigenvalue weighted by Gasteiger charge is 2.52. The summed E-state index contributed by atoms with van der Waals surface area (Å²) in [7, 11) is 1.13. The van der Waals surface area contributed by atoms with Gasteiger partial charge in [0.2, 0.25) is 0 Å². The molecule has 2 aromatic carbocycles. The maximum atomic E-state index is 6.24. The highest BCUT2D eigenvalue weighted by Crippen LogP contribution is 2.38. The van der Waals surface area contributed by atoms with Crippen LogP contribution in [0, 0.1) is 0 Å². The molecule has 1 heterocycles. The van der Waals surface area contributed by atoms with E-state index in [0.29, 0.717) is 0 Å². The van der Waals surface area contributed by atoms with Crippen molar-refractivity contribution in [2.45, 2.75) is 38.9 Å². The van der Waals surface area contributed by atoms with E-state index < -0.39 is 18.3 Å². The van der Waals surface area contributed by atoms with E-state index in [1.54, 1.807) is 7.11 Å². The molecule has 1 fully saturated rings. The lowest BCUT2D eigenvalue weighted by atomic mass is 9.75. The minimum Gasteiger partial charge on any atom is -0.468 e. The van der Waals surface area contributed by atoms with Gasteiger partial charge in [-0.25, -0.2) is 0 Å². The van der Waals surface area contributed by atoms with Gasteiger partial charge in [0.1, 0.15) is 5.75 Å². The smallest absolute Gasteiger partial charge is 0.468 e. The summed E-state index contributed by atoms with van der Waals surface area (Å²) < 4.78 is 23.3. The first-order valence-electron chi connectivity index (χ1n) is 7.85. The zero-order valence-electron chi connectivity index (χ0n) is 14.4. The Balaban J connectivity index is 2.11. The van der Waals surface area contributed by atoms with E-state index in [0.717, 1.165) is 22.0 Å². The summed E-state index contributed by atoms with van der Waals surface area (Å²) in [6, 6.07) is 12.2. The van der Waals surface area contributed by atoms with Gasteiger partial charge in [-0.3, -0.25) is 0 Å². The Labute approximate surface area is 137 Å². The third-order valence-corrected chi connectivity index (χ3v) is 4.75. The molecule has 0 N–H and O–H groups in total. The number of methoxy groups -OCH3 is 1. The lowest BCUT2D eigenvalue weighted by Gasteiger charge is -2.32. The first-order valence-corrected chi connectivity index (χ1v) is 7.85. The molecule has 5 heteroatoms. The van der Waals surface area contributed by atoms with E-state index in [1.807, 2.05) is 52.0 Å². The molecule has 4 nitrogen and oxygen atoms in total. The molecule has 3 rings (SSSR count). The van der Waals surface area contributed by atoms with Crippen molar-refractivity contribution in [2.75, 3.05) is 13.9 Å². The van der Waals surface area contributed by atoms with Crippen LogP contribution >= 0.6 is 0 Å². The third kappa shape index (κ3) is 2.85. The average Bonchev–Trinajstić information content (AvgIpc) is 2.72. The molecule has 1 aliphatic rings. The molecular weight excluding hydrogens is 291 g/mol. The van der Waals surface area contributed by atoms with E-state index in [1.165, 1.54) is 0 Å². The van der Waals surface area contributed by atoms with Crippen LogP contribution in [0.3, 0.4) is 0 Å². The van der Waals surface area contributed by atoms with Crippen molar-refractivity contribution in [2.24, 2.45) is 0 Å². The Kier molecular flexibility index (Phi) is 4.13. The SMILES string of the molecule is COCOc1ccc2ccccc2c1B1OC(C)(C)C(C)(C)O1. The summed E-state index contributed by atoms with van der Waals surface area (Å²) in [6.45, 7) is 8.38. The summed E-state index contributed by atoms with van der Waals surface area (Å²) in [6.07, 6.45) is 0. The van der Waals surface area contributed by atoms with Crippen molar-refractivity contribution in [1.82, 2.24) is 0 Å². The molecular formula is C18H23BO4. The quantitative estimate of drug-likeness (QED) is 0.642. The van der Waals surface area contributed by atoms with Crippen LogP contribution < -0.4 is 10.2 Å². The Hall–Kier alpha value is -1.56. The van der Waals surface area contributed by atoms with Crippen LogP contribution in [-0.2, 0) is 14.0 Å². The summed E-state index contributed by atoms with van der Waals surface area (Å²) >= 11 is 0. The Morgan fingerprint density at radius 2 is 1.61 bits per heavy atom. The highest BCUT2D eigenvalue weighted by molar-refractivity contribution is 6.66. The monoisotopic (exact) mass is 314 g/mol. The predicted octanol–water partition coefficient (Wildman–Crippen LogP) is 3.12. The Bertz CT molecular complexity index is 695. The summed E-state index contributed by atoms with van der Waals surface area (Å²) in [5, 5.41) is 2.20. The van der Waals surface area contributed by atoms with Gasteiger partial charge in [0, 0.05) is 12.6 Å². The fourth-order valence-electron chi connectivity index (χ4n) is 2.73. The zero-order chi connectivity index (χ0) is 16.7. The molecule has 0 unspecified atom stereocenters. The number of rotatable bonds is 4. The van der Waals surface area contributed by atoms with Crippen LogP contribution in [0.2, 0.25) is 0 Å². The molecule has 0 amide bonds. The molecule has 0 aliphatic carbocycles. The van der Waals surface area contributed by atoms with Crippen LogP contribution in [0.25, 0.3) is 10.8 Å². The molecule has 122 valence electrons. The van der Waals surface area contributed by atoms with Gasteiger partial charge in [-0.1, -0.05) is 30.3 Å². The molecule has 0 spiro atoms. The van der Waals surface area contributed by atoms with E-state index in [4.69, 9.17) is 18.8 Å². The van der Waals surface area contributed by atoms with E-state index >= 15 is 0 Å². The van der Waals surface area contributed by atoms with Gasteiger partial charge in [-0.15, -0.1) is 0 Å². The van der Waals surface area contributed by atoms with Gasteiger partial charge in [0.25, 0.3) is 0 Å². The topological polar surface area (TPSA) is 36.9 Å². The molecule has 0 atom stereocenters. The van der Waals surface area contributed by atoms with E-state index in [-0.39, 0.29) is 6.79 Å². The van der Waals surface area contributed by atoms with Crippen molar-refractivity contribution in [3.05, 3.63) is 36.4 Å². The van der Waals surface area contributed by atoms with E-state index in [2.05, 4.69) is 12.1 Å². The summed E-state index contributed by atoms with van der Waals surface area (Å²) in [5.74, 6) is 0.726. The minimum absolute atomic E-state index is 0.185. The fraction of sp³-hybridized carbons (Fsp3) is 0.444. The molecule has 1 saturated heterocycles. The molecule has 1 aliphatic heterocycles. The predicted molar refractivity (Wildman–Crippen MR) is 92.2 cm³/mol. The lowest BCUT2D eigenvalue weighted by molar-refractivity contribution is 0.00578. The van der Waals surface area contributed by atoms with Gasteiger partial charge in [0.05, 0.1) is 11.2 Å². The first-order chi connectivity index (χ1) is 10.9. The second kappa shape index (κ2) is 5.82. The zero-order valence-corrected chi connectivity index (χ0v) is 14.4. The maximum Gasteiger partial charge on any atom is 0.499 e. The number of benzene rings is 2. The minimum atomic E-state index is -0.474. The molecule has 0 bridgehead atoms. The fourth-order valence-corrected chi connectivity index (χ4v) is 2.73. The van der Waals surface area contributed by atoms with Crippen molar-refractivity contribution in [3.63, 3.8) is 0 Å². The second-order valence-electron chi connectivity index (χ2n) is 6.84. The molecule has 0 saturated carbocycles. The normalized spacial score (nSPS) is 19.3. The maximum absolute atomic E-state index is 6.24. The van der Waals surface area contributed by atoms with Crippen LogP contribution in [0.4, 0.5) is 0 Å². The van der Waals surface area contributed by atoms with E-state index in [9.17, 15) is 0 Å². The molecule has 0 aromatic heterocycles. The number of fused-ring (bicyclic) bond motifs is 1. The molecule has 0 radical (unpaired) electrons. The number of hydrogen-bond donors (Lipinski definition) is 0. The Morgan fingerprint density at radius 1 is 0.957 bits per heavy atom. The average molecular weight is 314 g/mol. The second-order valence-corrected chi connectivity index (χ2v) is 6.84. The molecule has 2 aromatic rings. The highest BCUT2D eigenvalue weighted by atomic mass is 16.7. The van der Waals surface area contributed by atoms with Crippen molar-refractivity contribution >= 4 is 23.4 Å². The first kappa shape index (κ1) is 16.3. The van der Waals surface area contributed by atoms with Crippen LogP contribution in [-0.4, -0.2) is 32.2 Å². The van der Waals surface area contributed by atoms with Crippen LogP contribution in [0.1, 0.15) is 27.7 Å². The van der Waals surface area contributed by atoms with Gasteiger partial charge in [-0.2, -0.15) is 0 Å². The number of hydrogen-bond acceptors (Lipinski definition) is 4. The summed E-state index contributed by atoms with van der Waals surface area (Å²) in [5.41, 5.74) is 0.124. The third-order valence-electron chi connectivity index (χ3n) is 4.75. The van der Waals surface area contributed by atoms with Crippen LogP contribution in [0.15, 0.2) is 36.4 Å². The van der Waals surface area contributed by atoms with Crippen molar-refractivity contribution in [1.29, 1.82) is 0 Å². The number of ether oxygens (including phenoxy) is 2. The van der Waals surface area contributed by atoms with Gasteiger partial charge >= 0.3 is 7.12 Å². The van der Waals surface area contributed by atoms with Gasteiger partial charge < -0.3 is 18.8 Å². The van der Waals surface area contributed by atoms with Crippen molar-refractivity contribution in [3.8, 4) is 5.75 Å².